The van der Waals surface area contributed by atoms with Crippen LogP contribution < -0.4 is 5.19 Å². The molecule has 0 radical (unpaired) electrons. The van der Waals surface area contributed by atoms with E-state index in [1.807, 2.05) is 0 Å². The molecule has 0 spiro atoms. The Labute approximate surface area is 97.0 Å². The van der Waals surface area contributed by atoms with Gasteiger partial charge in [-0.2, -0.15) is 0 Å². The molecule has 0 amide bonds. The maximum Gasteiger partial charge on any atom is 0.269 e. The Morgan fingerprint density at radius 1 is 1.13 bits per heavy atom. The van der Waals surface area contributed by atoms with Crippen LogP contribution in [0, 0.1) is 0 Å². The second kappa shape index (κ2) is 5.77. The molecule has 0 N–H and O–H groups in total. The molecule has 0 saturated heterocycles. The van der Waals surface area contributed by atoms with E-state index in [4.69, 9.17) is 22.2 Å². The zero-order valence-electron chi connectivity index (χ0n) is 7.64. The number of rotatable bonds is 4. The highest BCUT2D eigenvalue weighted by Crippen LogP contribution is 2.13. The summed E-state index contributed by atoms with van der Waals surface area (Å²) >= 11 is 11.5. The molecule has 1 aromatic carbocycles. The number of hydrogen-bond acceptors (Lipinski definition) is 0. The number of alkyl halides is 3. The van der Waals surface area contributed by atoms with E-state index in [1.54, 1.807) is 24.3 Å². The van der Waals surface area contributed by atoms with Crippen molar-refractivity contribution in [2.24, 2.45) is 0 Å². The first-order valence-electron chi connectivity index (χ1n) is 4.30. The van der Waals surface area contributed by atoms with E-state index in [9.17, 15) is 13.2 Å². The minimum absolute atomic E-state index is 0.337. The molecule has 15 heavy (non-hydrogen) atoms. The minimum Gasteiger partial charge on any atom is -0.241 e. The summed E-state index contributed by atoms with van der Waals surface area (Å²) in [7, 11) is -2.13. The molecular weight excluding hydrogens is 264 g/mol. The van der Waals surface area contributed by atoms with Gasteiger partial charge in [-0.05, 0) is 10.8 Å². The molecule has 0 aliphatic carbocycles. The van der Waals surface area contributed by atoms with E-state index in [1.165, 1.54) is 0 Å². The molecule has 0 aliphatic rings. The molecule has 84 valence electrons. The fourth-order valence-corrected chi connectivity index (χ4v) is 3.26. The lowest BCUT2D eigenvalue weighted by atomic mass is 10.1. The lowest BCUT2D eigenvalue weighted by Crippen LogP contribution is -2.26. The maximum atomic E-state index is 12.8. The maximum absolute atomic E-state index is 12.8. The van der Waals surface area contributed by atoms with Gasteiger partial charge in [0.05, 0.1) is 0 Å². The fourth-order valence-electron chi connectivity index (χ4n) is 1.23. The van der Waals surface area contributed by atoms with Gasteiger partial charge in [-0.25, -0.2) is 13.2 Å². The largest absolute Gasteiger partial charge is 0.269 e. The summed E-state index contributed by atoms with van der Waals surface area (Å²) in [6.07, 6.45) is -5.47. The van der Waals surface area contributed by atoms with Gasteiger partial charge in [0.2, 0.25) is 0 Å². The van der Waals surface area contributed by atoms with Gasteiger partial charge in [0.1, 0.15) is 0 Å². The highest BCUT2D eigenvalue weighted by atomic mass is 35.7. The van der Waals surface area contributed by atoms with E-state index in [0.29, 0.717) is 10.8 Å². The molecule has 6 heteroatoms. The van der Waals surface area contributed by atoms with Gasteiger partial charge in [0.25, 0.3) is 13.8 Å². The molecule has 1 unspecified atom stereocenters. The van der Waals surface area contributed by atoms with Crippen molar-refractivity contribution in [3.63, 3.8) is 0 Å². The van der Waals surface area contributed by atoms with Crippen LogP contribution in [0.5, 0.6) is 0 Å². The average Bonchev–Trinajstić information content (AvgIpc) is 2.18. The fraction of sp³-hybridized carbons (Fsp3) is 0.333. The highest BCUT2D eigenvalue weighted by molar-refractivity contribution is 7.39. The monoisotopic (exact) mass is 272 g/mol. The third kappa shape index (κ3) is 3.70. The molecule has 0 aliphatic heterocycles. The Morgan fingerprint density at radius 2 is 1.73 bits per heavy atom. The van der Waals surface area contributed by atoms with Crippen molar-refractivity contribution in [3.05, 3.63) is 29.8 Å². The van der Waals surface area contributed by atoms with Crippen molar-refractivity contribution >= 4 is 34.8 Å². The van der Waals surface area contributed by atoms with Gasteiger partial charge < -0.3 is 0 Å². The topological polar surface area (TPSA) is 0 Å². The molecule has 0 fully saturated rings. The minimum atomic E-state index is -2.97. The van der Waals surface area contributed by atoms with Crippen molar-refractivity contribution in [2.45, 2.75) is 19.0 Å². The second-order valence-electron chi connectivity index (χ2n) is 3.05. The molecule has 0 aromatic heterocycles. The van der Waals surface area contributed by atoms with Crippen LogP contribution in [-0.2, 0) is 6.42 Å². The Hall–Kier alpha value is -0.193. The van der Waals surface area contributed by atoms with Crippen LogP contribution in [0.4, 0.5) is 13.2 Å². The third-order valence-electron chi connectivity index (χ3n) is 1.98. The molecule has 1 aromatic rings. The van der Waals surface area contributed by atoms with Crippen molar-refractivity contribution in [1.82, 2.24) is 0 Å². The molecule has 0 nitrogen and oxygen atoms in total. The first-order chi connectivity index (χ1) is 7.02. The summed E-state index contributed by atoms with van der Waals surface area (Å²) in [4.78, 5) is 0. The zero-order valence-corrected chi connectivity index (χ0v) is 10.3. The molecule has 1 atom stereocenters. The van der Waals surface area contributed by atoms with Crippen LogP contribution in [-0.4, -0.2) is 20.0 Å². The lowest BCUT2D eigenvalue weighted by molar-refractivity contribution is 0.0504. The second-order valence-corrected chi connectivity index (χ2v) is 7.57. The number of hydrogen-bond donors (Lipinski definition) is 0. The van der Waals surface area contributed by atoms with Gasteiger partial charge in [-0.15, -0.1) is 22.2 Å². The Bertz CT molecular complexity index is 320. The summed E-state index contributed by atoms with van der Waals surface area (Å²) in [5, 5.41) is 0.615. The van der Waals surface area contributed by atoms with Crippen molar-refractivity contribution in [1.29, 1.82) is 0 Å². The smallest absolute Gasteiger partial charge is 0.241 e. The summed E-state index contributed by atoms with van der Waals surface area (Å²) in [6.45, 7) is 0. The van der Waals surface area contributed by atoms with Crippen molar-refractivity contribution in [2.75, 3.05) is 0 Å². The molecule has 0 bridgehead atoms. The predicted octanol–water partition coefficient (Wildman–Crippen LogP) is 2.74. The van der Waals surface area contributed by atoms with Crippen molar-refractivity contribution < 1.29 is 13.2 Å². The standard InChI is InChI=1S/C9H9Cl2F3Si/c10-15(11)8-4-2-1-3-6(8)5-7(12)9(13)14/h1-4,7,9,15H,5H2. The van der Waals surface area contributed by atoms with E-state index < -0.39 is 20.0 Å². The molecule has 1 rings (SSSR count). The highest BCUT2D eigenvalue weighted by Gasteiger charge is 2.22. The number of halogens is 5. The van der Waals surface area contributed by atoms with Gasteiger partial charge in [0.15, 0.2) is 6.17 Å². The van der Waals surface area contributed by atoms with Crippen LogP contribution in [0.25, 0.3) is 0 Å². The molecular formula is C9H9Cl2F3Si. The van der Waals surface area contributed by atoms with E-state index >= 15 is 0 Å². The van der Waals surface area contributed by atoms with Crippen LogP contribution in [0.3, 0.4) is 0 Å². The van der Waals surface area contributed by atoms with Crippen molar-refractivity contribution in [3.8, 4) is 0 Å². The Morgan fingerprint density at radius 3 is 2.27 bits per heavy atom. The lowest BCUT2D eigenvalue weighted by Gasteiger charge is -2.11. The SMILES string of the molecule is FC(F)C(F)Cc1ccccc1[SiH](Cl)Cl. The first kappa shape index (κ1) is 12.9. The van der Waals surface area contributed by atoms with E-state index in [2.05, 4.69) is 0 Å². The Kier molecular flexibility index (Phi) is 4.95. The van der Waals surface area contributed by atoms with Gasteiger partial charge >= 0.3 is 0 Å². The quantitative estimate of drug-likeness (QED) is 0.584. The summed E-state index contributed by atoms with van der Waals surface area (Å²) in [5.74, 6) is 0. The average molecular weight is 273 g/mol. The summed E-state index contributed by atoms with van der Waals surface area (Å²) < 4.78 is 36.9. The van der Waals surface area contributed by atoms with Crippen LogP contribution in [0.2, 0.25) is 0 Å². The first-order valence-corrected chi connectivity index (χ1v) is 8.37. The van der Waals surface area contributed by atoms with E-state index in [-0.39, 0.29) is 6.42 Å². The zero-order chi connectivity index (χ0) is 11.4. The molecule has 0 saturated carbocycles. The van der Waals surface area contributed by atoms with Gasteiger partial charge in [0, 0.05) is 6.42 Å². The van der Waals surface area contributed by atoms with Gasteiger partial charge in [-0.1, -0.05) is 24.3 Å². The van der Waals surface area contributed by atoms with Crippen LogP contribution in [0.1, 0.15) is 5.56 Å². The summed E-state index contributed by atoms with van der Waals surface area (Å²) in [6, 6.07) is 6.60. The molecule has 0 heterocycles. The number of benzene rings is 1. The summed E-state index contributed by atoms with van der Waals surface area (Å²) in [5.41, 5.74) is 0.479. The van der Waals surface area contributed by atoms with E-state index in [0.717, 1.165) is 0 Å². The van der Waals surface area contributed by atoms with Crippen LogP contribution in [0.15, 0.2) is 24.3 Å². The normalized spacial score (nSPS) is 13.5. The Balaban J connectivity index is 2.84. The van der Waals surface area contributed by atoms with Gasteiger partial charge in [-0.3, -0.25) is 0 Å². The third-order valence-corrected chi connectivity index (χ3v) is 4.42. The predicted molar refractivity (Wildman–Crippen MR) is 59.5 cm³/mol. The van der Waals surface area contributed by atoms with Crippen LogP contribution >= 0.6 is 22.2 Å².